The SMILES string of the molecule is CCC(CC)N(CCO)c1sc(C(C)O)cc1[N+](=O)[O-]. The van der Waals surface area contributed by atoms with Crippen LogP contribution in [0.2, 0.25) is 0 Å². The van der Waals surface area contributed by atoms with Gasteiger partial charge in [-0.15, -0.1) is 11.3 Å². The Kier molecular flexibility index (Phi) is 6.38. The van der Waals surface area contributed by atoms with Crippen LogP contribution >= 0.6 is 11.3 Å². The van der Waals surface area contributed by atoms with Gasteiger partial charge in [0.1, 0.15) is 0 Å². The molecule has 1 aromatic heterocycles. The standard InChI is InChI=1S/C13H22N2O4S/c1-4-10(5-2)14(6-7-16)13-11(15(18)19)8-12(20-13)9(3)17/h8-10,16-17H,4-7H2,1-3H3. The number of thiophene rings is 1. The van der Waals surface area contributed by atoms with E-state index in [4.69, 9.17) is 0 Å². The van der Waals surface area contributed by atoms with Crippen molar-refractivity contribution in [2.24, 2.45) is 0 Å². The van der Waals surface area contributed by atoms with E-state index < -0.39 is 11.0 Å². The summed E-state index contributed by atoms with van der Waals surface area (Å²) in [5.74, 6) is 0. The van der Waals surface area contributed by atoms with Crippen molar-refractivity contribution in [1.82, 2.24) is 0 Å². The Morgan fingerprint density at radius 1 is 1.45 bits per heavy atom. The summed E-state index contributed by atoms with van der Waals surface area (Å²) in [6, 6.07) is 1.57. The molecule has 7 heteroatoms. The molecule has 0 aliphatic rings. The Hall–Kier alpha value is -1.18. The number of hydrogen-bond donors (Lipinski definition) is 2. The Balaban J connectivity index is 3.26. The Morgan fingerprint density at radius 2 is 2.05 bits per heavy atom. The molecule has 20 heavy (non-hydrogen) atoms. The minimum Gasteiger partial charge on any atom is -0.395 e. The third-order valence-electron chi connectivity index (χ3n) is 3.31. The normalized spacial score (nSPS) is 12.7. The average molecular weight is 302 g/mol. The monoisotopic (exact) mass is 302 g/mol. The smallest absolute Gasteiger partial charge is 0.304 e. The predicted octanol–water partition coefficient (Wildman–Crippen LogP) is 2.70. The molecule has 1 heterocycles. The molecule has 0 saturated carbocycles. The number of hydrogen-bond acceptors (Lipinski definition) is 6. The Labute approximate surface area is 122 Å². The molecule has 2 N–H and O–H groups in total. The molecule has 0 amide bonds. The summed E-state index contributed by atoms with van der Waals surface area (Å²) in [4.78, 5) is 13.2. The van der Waals surface area contributed by atoms with Crippen LogP contribution in [0.3, 0.4) is 0 Å². The molecular formula is C13H22N2O4S. The summed E-state index contributed by atoms with van der Waals surface area (Å²) in [5, 5.41) is 30.6. The van der Waals surface area contributed by atoms with E-state index in [0.29, 0.717) is 16.4 Å². The fourth-order valence-electron chi connectivity index (χ4n) is 2.22. The molecular weight excluding hydrogens is 280 g/mol. The molecule has 6 nitrogen and oxygen atoms in total. The van der Waals surface area contributed by atoms with Gasteiger partial charge in [0, 0.05) is 23.5 Å². The van der Waals surface area contributed by atoms with Gasteiger partial charge in [-0.1, -0.05) is 13.8 Å². The van der Waals surface area contributed by atoms with Gasteiger partial charge >= 0.3 is 5.69 Å². The summed E-state index contributed by atoms with van der Waals surface area (Å²) in [5.41, 5.74) is 0.00579. The highest BCUT2D eigenvalue weighted by Crippen LogP contribution is 2.41. The summed E-state index contributed by atoms with van der Waals surface area (Å²) in [7, 11) is 0. The summed E-state index contributed by atoms with van der Waals surface area (Å²) in [6.07, 6.45) is 0.954. The van der Waals surface area contributed by atoms with Gasteiger partial charge in [-0.05, 0) is 19.8 Å². The van der Waals surface area contributed by atoms with Crippen LogP contribution in [0.1, 0.15) is 44.6 Å². The lowest BCUT2D eigenvalue weighted by Crippen LogP contribution is -2.36. The van der Waals surface area contributed by atoms with Gasteiger partial charge in [0.15, 0.2) is 5.00 Å². The maximum absolute atomic E-state index is 11.2. The van der Waals surface area contributed by atoms with Gasteiger partial charge in [-0.25, -0.2) is 0 Å². The lowest BCUT2D eigenvalue weighted by molar-refractivity contribution is -0.383. The maximum atomic E-state index is 11.2. The molecule has 0 aromatic carbocycles. The van der Waals surface area contributed by atoms with Gasteiger partial charge in [0.25, 0.3) is 0 Å². The summed E-state index contributed by atoms with van der Waals surface area (Å²) in [6.45, 7) is 5.93. The van der Waals surface area contributed by atoms with Gasteiger partial charge in [0.05, 0.1) is 17.6 Å². The van der Waals surface area contributed by atoms with E-state index in [1.807, 2.05) is 18.7 Å². The quantitative estimate of drug-likeness (QED) is 0.569. The number of rotatable bonds is 8. The van der Waals surface area contributed by atoms with Crippen molar-refractivity contribution >= 4 is 22.0 Å². The van der Waals surface area contributed by atoms with Crippen LogP contribution in [0, 0.1) is 10.1 Å². The number of nitrogens with zero attached hydrogens (tertiary/aromatic N) is 2. The van der Waals surface area contributed by atoms with Gasteiger partial charge in [0.2, 0.25) is 0 Å². The van der Waals surface area contributed by atoms with E-state index in [0.717, 1.165) is 12.8 Å². The molecule has 0 radical (unpaired) electrons. The zero-order chi connectivity index (χ0) is 15.3. The van der Waals surface area contributed by atoms with E-state index in [9.17, 15) is 20.3 Å². The molecule has 0 saturated heterocycles. The molecule has 1 atom stereocenters. The van der Waals surface area contributed by atoms with Gasteiger partial charge in [-0.3, -0.25) is 10.1 Å². The number of aliphatic hydroxyl groups is 2. The molecule has 0 aliphatic carbocycles. The Bertz CT molecular complexity index is 444. The second-order valence-electron chi connectivity index (χ2n) is 4.66. The van der Waals surface area contributed by atoms with Crippen LogP contribution in [-0.2, 0) is 0 Å². The molecule has 1 unspecified atom stereocenters. The summed E-state index contributed by atoms with van der Waals surface area (Å²) < 4.78 is 0. The first-order valence-corrected chi connectivity index (χ1v) is 7.61. The first-order chi connectivity index (χ1) is 9.46. The van der Waals surface area contributed by atoms with E-state index in [1.54, 1.807) is 6.92 Å². The minimum absolute atomic E-state index is 0.00579. The minimum atomic E-state index is -0.731. The topological polar surface area (TPSA) is 86.8 Å². The fourth-order valence-corrected chi connectivity index (χ4v) is 3.38. The van der Waals surface area contributed by atoms with Crippen LogP contribution in [-0.4, -0.2) is 34.3 Å². The van der Waals surface area contributed by atoms with E-state index in [-0.39, 0.29) is 18.3 Å². The summed E-state index contributed by atoms with van der Waals surface area (Å²) >= 11 is 1.23. The molecule has 1 rings (SSSR count). The number of anilines is 1. The zero-order valence-electron chi connectivity index (χ0n) is 12.1. The highest BCUT2D eigenvalue weighted by atomic mass is 32.1. The van der Waals surface area contributed by atoms with Crippen molar-refractivity contribution in [2.45, 2.75) is 45.8 Å². The van der Waals surface area contributed by atoms with Crippen LogP contribution in [0.5, 0.6) is 0 Å². The van der Waals surface area contributed by atoms with Gasteiger partial charge < -0.3 is 15.1 Å². The van der Waals surface area contributed by atoms with E-state index in [2.05, 4.69) is 0 Å². The van der Waals surface area contributed by atoms with Crippen molar-refractivity contribution < 1.29 is 15.1 Å². The predicted molar refractivity (Wildman–Crippen MR) is 80.4 cm³/mol. The largest absolute Gasteiger partial charge is 0.395 e. The fraction of sp³-hybridized carbons (Fsp3) is 0.692. The molecule has 0 bridgehead atoms. The Morgan fingerprint density at radius 3 is 2.45 bits per heavy atom. The lowest BCUT2D eigenvalue weighted by Gasteiger charge is -2.30. The molecule has 1 aromatic rings. The van der Waals surface area contributed by atoms with Crippen molar-refractivity contribution in [1.29, 1.82) is 0 Å². The molecule has 114 valence electrons. The van der Waals surface area contributed by atoms with Crippen molar-refractivity contribution in [3.63, 3.8) is 0 Å². The second kappa shape index (κ2) is 7.56. The van der Waals surface area contributed by atoms with E-state index >= 15 is 0 Å². The second-order valence-corrected chi connectivity index (χ2v) is 5.72. The van der Waals surface area contributed by atoms with Crippen molar-refractivity contribution in [2.75, 3.05) is 18.1 Å². The first kappa shape index (κ1) is 16.9. The number of aliphatic hydroxyl groups excluding tert-OH is 2. The van der Waals surface area contributed by atoms with Crippen LogP contribution < -0.4 is 4.90 Å². The van der Waals surface area contributed by atoms with Crippen LogP contribution in [0.15, 0.2) is 6.07 Å². The maximum Gasteiger partial charge on any atom is 0.304 e. The van der Waals surface area contributed by atoms with Crippen molar-refractivity contribution in [3.05, 3.63) is 21.1 Å². The zero-order valence-corrected chi connectivity index (χ0v) is 12.9. The lowest BCUT2D eigenvalue weighted by atomic mass is 10.1. The third kappa shape index (κ3) is 3.68. The molecule has 0 fully saturated rings. The van der Waals surface area contributed by atoms with Gasteiger partial charge in [-0.2, -0.15) is 0 Å². The van der Waals surface area contributed by atoms with Crippen LogP contribution in [0.4, 0.5) is 10.7 Å². The highest BCUT2D eigenvalue weighted by molar-refractivity contribution is 7.16. The van der Waals surface area contributed by atoms with Crippen LogP contribution in [0.25, 0.3) is 0 Å². The molecule has 0 aliphatic heterocycles. The van der Waals surface area contributed by atoms with Crippen molar-refractivity contribution in [3.8, 4) is 0 Å². The third-order valence-corrected chi connectivity index (χ3v) is 4.64. The average Bonchev–Trinajstić information content (AvgIpc) is 2.84. The number of nitro groups is 1. The highest BCUT2D eigenvalue weighted by Gasteiger charge is 2.28. The first-order valence-electron chi connectivity index (χ1n) is 6.79. The van der Waals surface area contributed by atoms with E-state index in [1.165, 1.54) is 17.4 Å². The molecule has 0 spiro atoms.